The molecular weight excluding hydrogens is 258 g/mol. The Balaban J connectivity index is 1.99. The highest BCUT2D eigenvalue weighted by Gasteiger charge is 2.11. The Morgan fingerprint density at radius 3 is 2.95 bits per heavy atom. The van der Waals surface area contributed by atoms with Crippen molar-refractivity contribution in [3.05, 3.63) is 54.5 Å². The largest absolute Gasteiger partial charge is 0.481 e. The third-order valence-corrected chi connectivity index (χ3v) is 2.81. The smallest absolute Gasteiger partial charge is 0.307 e. The first-order chi connectivity index (χ1) is 9.74. The van der Waals surface area contributed by atoms with E-state index in [0.717, 1.165) is 5.52 Å². The maximum absolute atomic E-state index is 10.9. The molecule has 0 saturated heterocycles. The predicted molar refractivity (Wildman–Crippen MR) is 70.8 cm³/mol. The van der Waals surface area contributed by atoms with Crippen LogP contribution in [0, 0.1) is 0 Å². The Kier molecular flexibility index (Phi) is 3.04. The normalized spacial score (nSPS) is 10.6. The number of fused-ring (bicyclic) bond motifs is 1. The fourth-order valence-electron chi connectivity index (χ4n) is 1.93. The molecule has 20 heavy (non-hydrogen) atoms. The molecule has 0 amide bonds. The summed E-state index contributed by atoms with van der Waals surface area (Å²) >= 11 is 0. The number of carboxylic acids is 1. The highest BCUT2D eigenvalue weighted by atomic mass is 16.5. The number of hydrogen-bond acceptors (Lipinski definition) is 4. The molecule has 0 unspecified atom stereocenters. The molecule has 6 heteroatoms. The van der Waals surface area contributed by atoms with Gasteiger partial charge in [-0.3, -0.25) is 4.79 Å². The minimum atomic E-state index is -0.906. The summed E-state index contributed by atoms with van der Waals surface area (Å²) in [4.78, 5) is 15.0. The molecule has 0 bridgehead atoms. The number of hydrogen-bond donors (Lipinski definition) is 1. The lowest BCUT2D eigenvalue weighted by atomic mass is 10.1. The second-order valence-corrected chi connectivity index (χ2v) is 4.17. The number of benzene rings is 1. The van der Waals surface area contributed by atoms with E-state index in [9.17, 15) is 4.79 Å². The van der Waals surface area contributed by atoms with Crippen molar-refractivity contribution in [1.82, 2.24) is 14.6 Å². The van der Waals surface area contributed by atoms with Gasteiger partial charge in [0.15, 0.2) is 0 Å². The summed E-state index contributed by atoms with van der Waals surface area (Å²) in [5, 5.41) is 13.0. The minimum Gasteiger partial charge on any atom is -0.481 e. The number of carboxylic acid groups (broad SMARTS) is 1. The lowest BCUT2D eigenvalue weighted by Gasteiger charge is -2.09. The number of aromatic nitrogens is 3. The fraction of sp³-hybridized carbons (Fsp3) is 0.0714. The molecule has 6 nitrogen and oxygen atoms in total. The van der Waals surface area contributed by atoms with Crippen molar-refractivity contribution in [1.29, 1.82) is 0 Å². The maximum Gasteiger partial charge on any atom is 0.307 e. The summed E-state index contributed by atoms with van der Waals surface area (Å²) in [6.07, 6.45) is 4.84. The number of aliphatic carboxylic acids is 1. The van der Waals surface area contributed by atoms with Gasteiger partial charge in [0.25, 0.3) is 0 Å². The minimum absolute atomic E-state index is 0.0987. The average Bonchev–Trinajstić information content (AvgIpc) is 2.90. The quantitative estimate of drug-likeness (QED) is 0.785. The predicted octanol–water partition coefficient (Wildman–Crippen LogP) is 2.15. The van der Waals surface area contributed by atoms with Gasteiger partial charge in [-0.25, -0.2) is 9.50 Å². The first-order valence-corrected chi connectivity index (χ1v) is 6.00. The van der Waals surface area contributed by atoms with Crippen LogP contribution in [0.4, 0.5) is 0 Å². The third-order valence-electron chi connectivity index (χ3n) is 2.81. The van der Waals surface area contributed by atoms with Gasteiger partial charge in [-0.15, -0.1) is 0 Å². The second kappa shape index (κ2) is 5.00. The van der Waals surface area contributed by atoms with Gasteiger partial charge in [-0.2, -0.15) is 5.10 Å². The summed E-state index contributed by atoms with van der Waals surface area (Å²) in [7, 11) is 0. The fourth-order valence-corrected chi connectivity index (χ4v) is 1.93. The molecule has 1 aromatic carbocycles. The second-order valence-electron chi connectivity index (χ2n) is 4.17. The lowest BCUT2D eigenvalue weighted by Crippen LogP contribution is -2.02. The molecule has 1 N–H and O–H groups in total. The van der Waals surface area contributed by atoms with E-state index in [-0.39, 0.29) is 6.42 Å². The van der Waals surface area contributed by atoms with Crippen LogP contribution in [0.15, 0.2) is 48.9 Å². The molecule has 2 aromatic heterocycles. The van der Waals surface area contributed by atoms with Gasteiger partial charge in [0, 0.05) is 18.0 Å². The van der Waals surface area contributed by atoms with Crippen molar-refractivity contribution < 1.29 is 14.6 Å². The zero-order valence-electron chi connectivity index (χ0n) is 10.4. The Bertz CT molecular complexity index is 767. The van der Waals surface area contributed by atoms with Crippen LogP contribution >= 0.6 is 0 Å². The van der Waals surface area contributed by atoms with E-state index >= 15 is 0 Å². The third kappa shape index (κ3) is 2.31. The molecule has 0 aliphatic heterocycles. The standard InChI is InChI=1S/C14H11N3O3/c18-13(19)9-10-3-1-2-4-12(10)20-14-11-5-6-16-17(11)8-7-15-14/h1-8H,9H2,(H,18,19). The number of ether oxygens (including phenoxy) is 1. The average molecular weight is 269 g/mol. The highest BCUT2D eigenvalue weighted by molar-refractivity contribution is 5.71. The first kappa shape index (κ1) is 12.2. The Morgan fingerprint density at radius 1 is 1.25 bits per heavy atom. The van der Waals surface area contributed by atoms with Gasteiger partial charge in [-0.05, 0) is 12.1 Å². The van der Waals surface area contributed by atoms with Crippen LogP contribution in [0.25, 0.3) is 5.52 Å². The number of para-hydroxylation sites is 1. The van der Waals surface area contributed by atoms with E-state index in [1.165, 1.54) is 0 Å². The maximum atomic E-state index is 10.9. The lowest BCUT2D eigenvalue weighted by molar-refractivity contribution is -0.136. The topological polar surface area (TPSA) is 76.7 Å². The monoisotopic (exact) mass is 269 g/mol. The zero-order valence-corrected chi connectivity index (χ0v) is 10.4. The van der Waals surface area contributed by atoms with E-state index in [1.54, 1.807) is 53.4 Å². The molecule has 0 saturated carbocycles. The van der Waals surface area contributed by atoms with Crippen LogP contribution in [-0.4, -0.2) is 25.7 Å². The van der Waals surface area contributed by atoms with Gasteiger partial charge < -0.3 is 9.84 Å². The van der Waals surface area contributed by atoms with Crippen molar-refractivity contribution in [3.63, 3.8) is 0 Å². The zero-order chi connectivity index (χ0) is 13.9. The van der Waals surface area contributed by atoms with Gasteiger partial charge >= 0.3 is 5.97 Å². The summed E-state index contributed by atoms with van der Waals surface area (Å²) in [6.45, 7) is 0. The summed E-state index contributed by atoms with van der Waals surface area (Å²) in [6, 6.07) is 8.79. The van der Waals surface area contributed by atoms with E-state index in [4.69, 9.17) is 9.84 Å². The van der Waals surface area contributed by atoms with Crippen LogP contribution in [-0.2, 0) is 11.2 Å². The Labute approximate surface area is 114 Å². The van der Waals surface area contributed by atoms with Crippen molar-refractivity contribution >= 4 is 11.5 Å². The van der Waals surface area contributed by atoms with E-state index < -0.39 is 5.97 Å². The number of nitrogens with zero attached hydrogens (tertiary/aromatic N) is 3. The summed E-state index contributed by atoms with van der Waals surface area (Å²) in [5.74, 6) is -0.0314. The molecule has 2 heterocycles. The molecule has 0 aliphatic rings. The van der Waals surface area contributed by atoms with Gasteiger partial charge in [0.1, 0.15) is 11.3 Å². The van der Waals surface area contributed by atoms with Gasteiger partial charge in [0.2, 0.25) is 5.88 Å². The van der Waals surface area contributed by atoms with Crippen LogP contribution < -0.4 is 4.74 Å². The molecule has 3 aromatic rings. The van der Waals surface area contributed by atoms with Crippen LogP contribution in [0.1, 0.15) is 5.56 Å². The molecule has 0 atom stereocenters. The summed E-state index contributed by atoms with van der Waals surface area (Å²) in [5.41, 5.74) is 1.32. The molecule has 0 aliphatic carbocycles. The molecule has 3 rings (SSSR count). The van der Waals surface area contributed by atoms with Crippen LogP contribution in [0.2, 0.25) is 0 Å². The SMILES string of the molecule is O=C(O)Cc1ccccc1Oc1nccn2nccc12. The van der Waals surface area contributed by atoms with Crippen LogP contribution in [0.5, 0.6) is 11.6 Å². The molecule has 0 spiro atoms. The molecule has 100 valence electrons. The Morgan fingerprint density at radius 2 is 2.10 bits per heavy atom. The van der Waals surface area contributed by atoms with E-state index in [1.807, 2.05) is 0 Å². The number of carbonyl (C=O) groups is 1. The van der Waals surface area contributed by atoms with Crippen molar-refractivity contribution in [2.24, 2.45) is 0 Å². The molecular formula is C14H11N3O3. The molecule has 0 radical (unpaired) electrons. The van der Waals surface area contributed by atoms with E-state index in [2.05, 4.69) is 10.1 Å². The Hall–Kier alpha value is -2.89. The highest BCUT2D eigenvalue weighted by Crippen LogP contribution is 2.26. The first-order valence-electron chi connectivity index (χ1n) is 6.00. The van der Waals surface area contributed by atoms with E-state index in [0.29, 0.717) is 17.2 Å². The van der Waals surface area contributed by atoms with Gasteiger partial charge in [-0.1, -0.05) is 18.2 Å². The van der Waals surface area contributed by atoms with Crippen LogP contribution in [0.3, 0.4) is 0 Å². The number of rotatable bonds is 4. The van der Waals surface area contributed by atoms with Crippen molar-refractivity contribution in [3.8, 4) is 11.6 Å². The van der Waals surface area contributed by atoms with Crippen molar-refractivity contribution in [2.75, 3.05) is 0 Å². The molecule has 0 fully saturated rings. The summed E-state index contributed by atoms with van der Waals surface area (Å²) < 4.78 is 7.39. The van der Waals surface area contributed by atoms with Gasteiger partial charge in [0.05, 0.1) is 12.6 Å². The van der Waals surface area contributed by atoms with Crippen molar-refractivity contribution in [2.45, 2.75) is 6.42 Å².